The Morgan fingerprint density at radius 3 is 2.46 bits per heavy atom. The van der Waals surface area contributed by atoms with Crippen LogP contribution >= 0.6 is 11.6 Å². The molecule has 0 bridgehead atoms. The van der Waals surface area contributed by atoms with E-state index in [4.69, 9.17) is 16.6 Å². The summed E-state index contributed by atoms with van der Waals surface area (Å²) >= 11 is 6.57. The molecule has 4 amide bonds. The Morgan fingerprint density at radius 2 is 1.65 bits per heavy atom. The number of nitrogens with one attached hydrogen (secondary N) is 3. The van der Waals surface area contributed by atoms with Crippen molar-refractivity contribution in [1.29, 1.82) is 0 Å². The van der Waals surface area contributed by atoms with E-state index in [9.17, 15) is 19.2 Å². The molecule has 0 spiro atoms. The number of hydrogen-bond donors (Lipinski definition) is 3. The molecule has 5 aliphatic heterocycles. The Balaban J connectivity index is 0.736. The molecule has 0 radical (unpaired) electrons. The number of amides is 4. The molecule has 13 nitrogen and oxygen atoms in total. The van der Waals surface area contributed by atoms with Gasteiger partial charge in [0.1, 0.15) is 6.04 Å². The minimum absolute atomic E-state index is 0.107. The normalized spacial score (nSPS) is 23.4. The summed E-state index contributed by atoms with van der Waals surface area (Å²) in [5.41, 5.74) is 4.34. The second-order valence-electron chi connectivity index (χ2n) is 15.4. The molecule has 4 fully saturated rings. The second-order valence-corrected chi connectivity index (χ2v) is 15.8. The summed E-state index contributed by atoms with van der Waals surface area (Å²) in [4.78, 5) is 71.8. The molecule has 5 aliphatic rings. The van der Waals surface area contributed by atoms with Gasteiger partial charge in [0, 0.05) is 79.6 Å². The van der Waals surface area contributed by atoms with Crippen molar-refractivity contribution in [3.63, 3.8) is 0 Å². The first-order chi connectivity index (χ1) is 26.3. The average molecular weight is 750 g/mol. The van der Waals surface area contributed by atoms with Crippen molar-refractivity contribution in [3.05, 3.63) is 71.0 Å². The van der Waals surface area contributed by atoms with Crippen LogP contribution in [-0.2, 0) is 9.59 Å². The predicted molar refractivity (Wildman–Crippen MR) is 205 cm³/mol. The van der Waals surface area contributed by atoms with Crippen LogP contribution in [0.25, 0.3) is 22.2 Å². The Labute approximate surface area is 318 Å². The topological polar surface area (TPSA) is 147 Å². The predicted octanol–water partition coefficient (Wildman–Crippen LogP) is 4.55. The first-order valence-electron chi connectivity index (χ1n) is 19.2. The number of halogens is 1. The Morgan fingerprint density at radius 1 is 0.852 bits per heavy atom. The van der Waals surface area contributed by atoms with E-state index in [2.05, 4.69) is 41.4 Å². The summed E-state index contributed by atoms with van der Waals surface area (Å²) in [6, 6.07) is 13.5. The van der Waals surface area contributed by atoms with E-state index in [1.807, 2.05) is 30.5 Å². The summed E-state index contributed by atoms with van der Waals surface area (Å²) in [7, 11) is 0. The van der Waals surface area contributed by atoms with Crippen molar-refractivity contribution in [2.75, 3.05) is 56.0 Å². The maximum atomic E-state index is 13.3. The van der Waals surface area contributed by atoms with Crippen LogP contribution in [-0.4, -0.2) is 117 Å². The van der Waals surface area contributed by atoms with Crippen molar-refractivity contribution < 1.29 is 19.2 Å². The largest absolute Gasteiger partial charge is 0.371 e. The molecule has 4 saturated heterocycles. The molecule has 2 aromatic heterocycles. The van der Waals surface area contributed by atoms with Crippen molar-refractivity contribution in [2.24, 2.45) is 5.92 Å². The number of nitrogens with zero attached hydrogens (tertiary/aromatic N) is 6. The van der Waals surface area contributed by atoms with Gasteiger partial charge in [0.15, 0.2) is 0 Å². The number of carbonyl (C=O) groups excluding carboxylic acids is 4. The number of para-hydroxylation sites is 1. The Kier molecular flexibility index (Phi) is 9.32. The van der Waals surface area contributed by atoms with Crippen LogP contribution < -0.4 is 15.5 Å². The molecule has 0 aliphatic carbocycles. The van der Waals surface area contributed by atoms with Crippen LogP contribution in [0.5, 0.6) is 0 Å². The number of piperidine rings is 3. The fourth-order valence-electron chi connectivity index (χ4n) is 9.17. The van der Waals surface area contributed by atoms with Gasteiger partial charge in [-0.1, -0.05) is 29.8 Å². The fraction of sp³-hybridized carbons (Fsp3) is 0.450. The molecular formula is C40H44ClN9O4. The number of imide groups is 2. The fourth-order valence-corrected chi connectivity index (χ4v) is 9.37. The number of likely N-dealkylation sites (tertiary alicyclic amines) is 2. The van der Waals surface area contributed by atoms with Crippen LogP contribution in [0.2, 0.25) is 5.02 Å². The van der Waals surface area contributed by atoms with Gasteiger partial charge in [-0.25, -0.2) is 9.97 Å². The highest BCUT2D eigenvalue weighted by molar-refractivity contribution is 6.33. The number of anilines is 2. The number of aromatic nitrogens is 3. The first kappa shape index (κ1) is 34.9. The van der Waals surface area contributed by atoms with Crippen molar-refractivity contribution >= 4 is 57.8 Å². The molecule has 3 N–H and O–H groups in total. The SMILES string of the molecule is O=C1CCC(N2C(=O)c3ccc(N4CCC(CN5CCC(N6CC[C@@H](Nc7ncc(Cl)c(-c8c[nH]c9ccccc89)n7)C6)CC5)CC4)cc3C2=O)C(=O)N1. The minimum atomic E-state index is -0.954. The molecule has 280 valence electrons. The molecular weight excluding hydrogens is 706 g/mol. The van der Waals surface area contributed by atoms with Crippen molar-refractivity contribution in [2.45, 2.75) is 63.1 Å². The van der Waals surface area contributed by atoms with Crippen LogP contribution in [0.3, 0.4) is 0 Å². The zero-order valence-electron chi connectivity index (χ0n) is 30.1. The lowest BCUT2D eigenvalue weighted by molar-refractivity contribution is -0.136. The molecule has 7 heterocycles. The number of aromatic amines is 1. The lowest BCUT2D eigenvalue weighted by atomic mass is 9.94. The smallest absolute Gasteiger partial charge is 0.262 e. The van der Waals surface area contributed by atoms with Crippen molar-refractivity contribution in [1.82, 2.24) is 35.0 Å². The summed E-state index contributed by atoms with van der Waals surface area (Å²) < 4.78 is 0. The van der Waals surface area contributed by atoms with Gasteiger partial charge in [-0.15, -0.1) is 0 Å². The first-order valence-corrected chi connectivity index (χ1v) is 19.6. The summed E-state index contributed by atoms with van der Waals surface area (Å²) in [6.07, 6.45) is 9.45. The third kappa shape index (κ3) is 6.62. The van der Waals surface area contributed by atoms with Crippen LogP contribution in [0.4, 0.5) is 11.6 Å². The maximum absolute atomic E-state index is 13.3. The monoisotopic (exact) mass is 749 g/mol. The summed E-state index contributed by atoms with van der Waals surface area (Å²) in [5, 5.41) is 7.47. The zero-order valence-corrected chi connectivity index (χ0v) is 30.9. The Bertz CT molecular complexity index is 2120. The summed E-state index contributed by atoms with van der Waals surface area (Å²) in [6.45, 7) is 7.16. The molecule has 1 unspecified atom stereocenters. The van der Waals surface area contributed by atoms with Crippen LogP contribution in [0.15, 0.2) is 54.9 Å². The molecule has 2 aromatic carbocycles. The van der Waals surface area contributed by atoms with E-state index in [0.29, 0.717) is 40.1 Å². The molecule has 4 aromatic rings. The highest BCUT2D eigenvalue weighted by atomic mass is 35.5. The molecule has 9 rings (SSSR count). The van der Waals surface area contributed by atoms with Gasteiger partial charge in [-0.2, -0.15) is 0 Å². The highest BCUT2D eigenvalue weighted by Gasteiger charge is 2.45. The standard InChI is InChI=1S/C40H44ClN9O4/c41-32-21-43-40(46-36(32)31-20-42-33-4-2-1-3-28(31)33)44-25-11-18-49(23-25)26-12-14-47(15-13-26)22-24-9-16-48(17-10-24)27-5-6-29-30(19-27)39(54)50(38(29)53)34-7-8-35(51)45-37(34)52/h1-6,19-21,24-26,34,42H,7-18,22-23H2,(H,43,44,46)(H,45,51,52)/t25-,34?/m1/s1. The number of rotatable bonds is 8. The number of hydrogen-bond acceptors (Lipinski definition) is 10. The number of benzene rings is 2. The molecule has 54 heavy (non-hydrogen) atoms. The minimum Gasteiger partial charge on any atom is -0.371 e. The lowest BCUT2D eigenvalue weighted by Gasteiger charge is -2.40. The maximum Gasteiger partial charge on any atom is 0.262 e. The van der Waals surface area contributed by atoms with E-state index in [-0.39, 0.29) is 18.7 Å². The van der Waals surface area contributed by atoms with Gasteiger partial charge < -0.3 is 20.1 Å². The number of carbonyl (C=O) groups is 4. The zero-order chi connectivity index (χ0) is 36.9. The van der Waals surface area contributed by atoms with Crippen LogP contribution in [0.1, 0.15) is 65.7 Å². The number of H-pyrrole nitrogens is 1. The average Bonchev–Trinajstić information content (AvgIpc) is 3.90. The summed E-state index contributed by atoms with van der Waals surface area (Å²) in [5.74, 6) is -0.667. The lowest BCUT2D eigenvalue weighted by Crippen LogP contribution is -2.54. The molecule has 2 atom stereocenters. The van der Waals surface area contributed by atoms with Gasteiger partial charge in [-0.3, -0.25) is 34.3 Å². The van der Waals surface area contributed by atoms with E-state index in [1.165, 1.54) is 12.8 Å². The molecule has 0 saturated carbocycles. The Hall–Kier alpha value is -4.85. The van der Waals surface area contributed by atoms with Gasteiger partial charge in [0.2, 0.25) is 17.8 Å². The quantitative estimate of drug-likeness (QED) is 0.220. The third-order valence-electron chi connectivity index (χ3n) is 12.1. The second kappa shape index (κ2) is 14.4. The van der Waals surface area contributed by atoms with Gasteiger partial charge in [-0.05, 0) is 81.8 Å². The van der Waals surface area contributed by atoms with Gasteiger partial charge >= 0.3 is 0 Å². The van der Waals surface area contributed by atoms with Crippen LogP contribution in [0, 0.1) is 5.92 Å². The number of fused-ring (bicyclic) bond motifs is 2. The third-order valence-corrected chi connectivity index (χ3v) is 12.4. The van der Waals surface area contributed by atoms with E-state index in [0.717, 1.165) is 97.8 Å². The van der Waals surface area contributed by atoms with E-state index >= 15 is 0 Å². The van der Waals surface area contributed by atoms with Crippen molar-refractivity contribution in [3.8, 4) is 11.3 Å². The van der Waals surface area contributed by atoms with Gasteiger partial charge in [0.25, 0.3) is 11.8 Å². The van der Waals surface area contributed by atoms with E-state index < -0.39 is 23.8 Å². The molecule has 14 heteroatoms. The van der Waals surface area contributed by atoms with E-state index in [1.54, 1.807) is 18.3 Å². The highest BCUT2D eigenvalue weighted by Crippen LogP contribution is 2.34. The van der Waals surface area contributed by atoms with Gasteiger partial charge in [0.05, 0.1) is 28.0 Å².